The van der Waals surface area contributed by atoms with Crippen molar-refractivity contribution in [3.05, 3.63) is 82.9 Å². The summed E-state index contributed by atoms with van der Waals surface area (Å²) in [7, 11) is -7.67. The van der Waals surface area contributed by atoms with E-state index in [1.807, 2.05) is 0 Å². The Bertz CT molecular complexity index is 1500. The molecule has 1 heterocycles. The minimum Gasteiger partial charge on any atom is -0.322 e. The van der Waals surface area contributed by atoms with Crippen molar-refractivity contribution in [2.75, 3.05) is 23.1 Å². The van der Waals surface area contributed by atoms with Crippen LogP contribution in [0.3, 0.4) is 0 Å². The largest absolute Gasteiger partial charge is 0.322 e. The quantitative estimate of drug-likeness (QED) is 0.408. The molecule has 8 nitrogen and oxygen atoms in total. The molecule has 1 aliphatic heterocycles. The van der Waals surface area contributed by atoms with Crippen LogP contribution in [0.1, 0.15) is 41.6 Å². The molecule has 37 heavy (non-hydrogen) atoms. The molecule has 3 aromatic carbocycles. The van der Waals surface area contributed by atoms with Crippen LogP contribution in [0.25, 0.3) is 0 Å². The molecular formula is C26H28ClN3O5S2. The van der Waals surface area contributed by atoms with Crippen LogP contribution in [0, 0.1) is 6.92 Å². The summed E-state index contributed by atoms with van der Waals surface area (Å²) in [4.78, 5) is 12.8. The van der Waals surface area contributed by atoms with Gasteiger partial charge in [0.2, 0.25) is 10.0 Å². The summed E-state index contributed by atoms with van der Waals surface area (Å²) in [5.41, 5.74) is 1.59. The van der Waals surface area contributed by atoms with Crippen LogP contribution in [0.15, 0.2) is 76.5 Å². The van der Waals surface area contributed by atoms with Gasteiger partial charge in [-0.2, -0.15) is 4.31 Å². The molecule has 1 fully saturated rings. The van der Waals surface area contributed by atoms with Crippen molar-refractivity contribution in [3.63, 3.8) is 0 Å². The summed E-state index contributed by atoms with van der Waals surface area (Å²) in [6.45, 7) is 2.77. The monoisotopic (exact) mass is 561 g/mol. The normalized spacial score (nSPS) is 15.1. The molecule has 0 unspecified atom stereocenters. The molecule has 1 amide bonds. The number of anilines is 2. The van der Waals surface area contributed by atoms with Gasteiger partial charge in [-0.15, -0.1) is 0 Å². The summed E-state index contributed by atoms with van der Waals surface area (Å²) in [5.74, 6) is -0.563. The molecular weight excluding hydrogens is 534 g/mol. The van der Waals surface area contributed by atoms with Crippen molar-refractivity contribution in [1.82, 2.24) is 4.31 Å². The number of para-hydroxylation sites is 1. The average molecular weight is 562 g/mol. The molecule has 0 atom stereocenters. The number of benzene rings is 3. The van der Waals surface area contributed by atoms with Gasteiger partial charge in [0.05, 0.1) is 15.6 Å². The predicted molar refractivity (Wildman–Crippen MR) is 145 cm³/mol. The summed E-state index contributed by atoms with van der Waals surface area (Å²) >= 11 is 6.17. The Morgan fingerprint density at radius 3 is 2.16 bits per heavy atom. The fourth-order valence-corrected chi connectivity index (χ4v) is 7.26. The Morgan fingerprint density at radius 1 is 0.865 bits per heavy atom. The van der Waals surface area contributed by atoms with Crippen molar-refractivity contribution < 1.29 is 21.6 Å². The van der Waals surface area contributed by atoms with Crippen LogP contribution < -0.4 is 10.0 Å². The topological polar surface area (TPSA) is 113 Å². The zero-order chi connectivity index (χ0) is 26.6. The second kappa shape index (κ2) is 11.2. The van der Waals surface area contributed by atoms with Gasteiger partial charge in [-0.05, 0) is 73.9 Å². The number of hydrogen-bond donors (Lipinski definition) is 2. The first-order valence-corrected chi connectivity index (χ1v) is 15.2. The van der Waals surface area contributed by atoms with Crippen LogP contribution in [0.2, 0.25) is 5.02 Å². The fraction of sp³-hybridized carbons (Fsp3) is 0.269. The predicted octanol–water partition coefficient (Wildman–Crippen LogP) is 5.27. The fourth-order valence-electron chi connectivity index (χ4n) is 4.08. The second-order valence-corrected chi connectivity index (χ2v) is 12.9. The van der Waals surface area contributed by atoms with Crippen molar-refractivity contribution in [2.45, 2.75) is 42.4 Å². The molecule has 196 valence electrons. The van der Waals surface area contributed by atoms with E-state index in [0.717, 1.165) is 31.2 Å². The van der Waals surface area contributed by atoms with E-state index in [0.29, 0.717) is 24.5 Å². The molecule has 0 radical (unpaired) electrons. The lowest BCUT2D eigenvalue weighted by Crippen LogP contribution is -2.31. The Hall–Kier alpha value is -2.92. The number of carbonyl (C=O) groups is 1. The minimum atomic E-state index is -4.06. The number of rotatable bonds is 7. The maximum Gasteiger partial charge on any atom is 0.263 e. The Kier molecular flexibility index (Phi) is 8.23. The lowest BCUT2D eigenvalue weighted by atomic mass is 10.2. The molecule has 0 bridgehead atoms. The SMILES string of the molecule is Cc1ccccc1NS(=O)(=O)c1cc(C(=O)Nc2ccc(S(=O)(=O)N3CCCCCC3)cc2)ccc1Cl. The Balaban J connectivity index is 1.51. The van der Waals surface area contributed by atoms with Crippen molar-refractivity contribution >= 4 is 48.9 Å². The van der Waals surface area contributed by atoms with E-state index in [2.05, 4.69) is 10.0 Å². The molecule has 11 heteroatoms. The Morgan fingerprint density at radius 2 is 1.51 bits per heavy atom. The molecule has 0 aromatic heterocycles. The van der Waals surface area contributed by atoms with Crippen LogP contribution in [0.4, 0.5) is 11.4 Å². The second-order valence-electron chi connectivity index (χ2n) is 8.86. The van der Waals surface area contributed by atoms with Gasteiger partial charge < -0.3 is 5.32 Å². The zero-order valence-corrected chi connectivity index (χ0v) is 22.7. The molecule has 0 aliphatic carbocycles. The van der Waals surface area contributed by atoms with Gasteiger partial charge in [-0.3, -0.25) is 9.52 Å². The highest BCUT2D eigenvalue weighted by molar-refractivity contribution is 7.92. The highest BCUT2D eigenvalue weighted by atomic mass is 35.5. The van der Waals surface area contributed by atoms with Gasteiger partial charge in [0.1, 0.15) is 4.90 Å². The highest BCUT2D eigenvalue weighted by Gasteiger charge is 2.25. The van der Waals surface area contributed by atoms with Crippen LogP contribution in [0.5, 0.6) is 0 Å². The first-order chi connectivity index (χ1) is 17.6. The zero-order valence-electron chi connectivity index (χ0n) is 20.3. The van der Waals surface area contributed by atoms with E-state index in [4.69, 9.17) is 11.6 Å². The van der Waals surface area contributed by atoms with E-state index in [1.54, 1.807) is 31.2 Å². The number of carbonyl (C=O) groups excluding carboxylic acids is 1. The number of nitrogens with one attached hydrogen (secondary N) is 2. The molecule has 2 N–H and O–H groups in total. The lowest BCUT2D eigenvalue weighted by molar-refractivity contribution is 0.102. The van der Waals surface area contributed by atoms with Crippen molar-refractivity contribution in [3.8, 4) is 0 Å². The number of aryl methyl sites for hydroxylation is 1. The molecule has 0 spiro atoms. The molecule has 1 saturated heterocycles. The van der Waals surface area contributed by atoms with E-state index < -0.39 is 26.0 Å². The highest BCUT2D eigenvalue weighted by Crippen LogP contribution is 2.27. The summed E-state index contributed by atoms with van der Waals surface area (Å²) in [5, 5.41) is 2.65. The first-order valence-electron chi connectivity index (χ1n) is 11.9. The number of amides is 1. The van der Waals surface area contributed by atoms with Gasteiger partial charge in [-0.25, -0.2) is 16.8 Å². The average Bonchev–Trinajstić information content (AvgIpc) is 3.16. The number of halogens is 1. The number of sulfonamides is 2. The van der Waals surface area contributed by atoms with E-state index in [-0.39, 0.29) is 20.4 Å². The van der Waals surface area contributed by atoms with Gasteiger partial charge in [0.15, 0.2) is 0 Å². The maximum atomic E-state index is 13.0. The van der Waals surface area contributed by atoms with Crippen LogP contribution in [-0.2, 0) is 20.0 Å². The summed E-state index contributed by atoms with van der Waals surface area (Å²) < 4.78 is 56.0. The molecule has 0 saturated carbocycles. The number of nitrogens with zero attached hydrogens (tertiary/aromatic N) is 1. The van der Waals surface area contributed by atoms with Crippen LogP contribution >= 0.6 is 11.6 Å². The summed E-state index contributed by atoms with van der Waals surface area (Å²) in [6.07, 6.45) is 3.72. The van der Waals surface area contributed by atoms with Gasteiger partial charge in [0.25, 0.3) is 15.9 Å². The van der Waals surface area contributed by atoms with Crippen molar-refractivity contribution in [2.24, 2.45) is 0 Å². The van der Waals surface area contributed by atoms with Gasteiger partial charge in [0, 0.05) is 24.3 Å². The van der Waals surface area contributed by atoms with Gasteiger partial charge in [-0.1, -0.05) is 42.6 Å². The van der Waals surface area contributed by atoms with E-state index in [9.17, 15) is 21.6 Å². The Labute approximate surface area is 222 Å². The summed E-state index contributed by atoms with van der Waals surface area (Å²) in [6, 6.07) is 16.8. The standard InChI is InChI=1S/C26H28ClN3O5S2/c1-19-8-4-5-9-24(19)29-36(32,33)25-18-20(10-15-23(25)27)26(31)28-21-11-13-22(14-12-21)37(34,35)30-16-6-2-3-7-17-30/h4-5,8-15,18,29H,2-3,6-7,16-17H2,1H3,(H,28,31). The number of hydrogen-bond acceptors (Lipinski definition) is 5. The van der Waals surface area contributed by atoms with Gasteiger partial charge >= 0.3 is 0 Å². The third kappa shape index (κ3) is 6.32. The van der Waals surface area contributed by atoms with Crippen molar-refractivity contribution in [1.29, 1.82) is 0 Å². The van der Waals surface area contributed by atoms with E-state index in [1.165, 1.54) is 46.8 Å². The molecule has 4 rings (SSSR count). The van der Waals surface area contributed by atoms with E-state index >= 15 is 0 Å². The third-order valence-electron chi connectivity index (χ3n) is 6.19. The smallest absolute Gasteiger partial charge is 0.263 e. The lowest BCUT2D eigenvalue weighted by Gasteiger charge is -2.20. The maximum absolute atomic E-state index is 13.0. The molecule has 1 aliphatic rings. The molecule has 3 aromatic rings. The van der Waals surface area contributed by atoms with Crippen LogP contribution in [-0.4, -0.2) is 40.1 Å². The first kappa shape index (κ1) is 27.1. The minimum absolute atomic E-state index is 0.0271. The third-order valence-corrected chi connectivity index (χ3v) is 9.95.